The summed E-state index contributed by atoms with van der Waals surface area (Å²) in [6.45, 7) is 4.86. The molecule has 0 spiro atoms. The SMILES string of the molecule is CCNCCNc1ccc2[nH]c(=O)[nH]c2c1. The highest BCUT2D eigenvalue weighted by atomic mass is 16.1. The van der Waals surface area contributed by atoms with Gasteiger partial charge in [-0.15, -0.1) is 0 Å². The molecule has 0 radical (unpaired) electrons. The summed E-state index contributed by atoms with van der Waals surface area (Å²) >= 11 is 0. The molecule has 1 aromatic carbocycles. The molecular formula is C11H16N4O. The van der Waals surface area contributed by atoms with Crippen LogP contribution in [0.25, 0.3) is 11.0 Å². The van der Waals surface area contributed by atoms with Crippen LogP contribution in [0.4, 0.5) is 5.69 Å². The molecule has 1 heterocycles. The number of imidazole rings is 1. The van der Waals surface area contributed by atoms with Crippen LogP contribution in [-0.2, 0) is 0 Å². The van der Waals surface area contributed by atoms with Gasteiger partial charge in [0.15, 0.2) is 0 Å². The van der Waals surface area contributed by atoms with Gasteiger partial charge in [-0.25, -0.2) is 4.79 Å². The Hall–Kier alpha value is -1.75. The second kappa shape index (κ2) is 4.85. The quantitative estimate of drug-likeness (QED) is 0.565. The van der Waals surface area contributed by atoms with Gasteiger partial charge in [-0.3, -0.25) is 0 Å². The lowest BCUT2D eigenvalue weighted by atomic mass is 10.3. The molecule has 0 amide bonds. The fraction of sp³-hybridized carbons (Fsp3) is 0.364. The number of rotatable bonds is 5. The summed E-state index contributed by atoms with van der Waals surface area (Å²) in [4.78, 5) is 16.5. The summed E-state index contributed by atoms with van der Waals surface area (Å²) in [6, 6.07) is 5.78. The normalized spacial score (nSPS) is 10.8. The summed E-state index contributed by atoms with van der Waals surface area (Å²) in [5.41, 5.74) is 2.51. The van der Waals surface area contributed by atoms with Gasteiger partial charge >= 0.3 is 5.69 Å². The second-order valence-corrected chi connectivity index (χ2v) is 3.62. The van der Waals surface area contributed by atoms with E-state index < -0.39 is 0 Å². The third-order valence-corrected chi connectivity index (χ3v) is 2.40. The number of hydrogen-bond acceptors (Lipinski definition) is 3. The van der Waals surface area contributed by atoms with Gasteiger partial charge < -0.3 is 20.6 Å². The molecular weight excluding hydrogens is 204 g/mol. The molecule has 5 nitrogen and oxygen atoms in total. The third kappa shape index (κ3) is 2.43. The second-order valence-electron chi connectivity index (χ2n) is 3.62. The van der Waals surface area contributed by atoms with E-state index in [1.165, 1.54) is 0 Å². The van der Waals surface area contributed by atoms with Gasteiger partial charge in [0.05, 0.1) is 11.0 Å². The molecule has 0 atom stereocenters. The van der Waals surface area contributed by atoms with Crippen molar-refractivity contribution in [3.8, 4) is 0 Å². The van der Waals surface area contributed by atoms with Crippen molar-refractivity contribution < 1.29 is 0 Å². The average Bonchev–Trinajstić information content (AvgIpc) is 2.64. The topological polar surface area (TPSA) is 72.7 Å². The van der Waals surface area contributed by atoms with Gasteiger partial charge in [0.25, 0.3) is 0 Å². The molecule has 1 aromatic heterocycles. The van der Waals surface area contributed by atoms with Crippen LogP contribution in [0, 0.1) is 0 Å². The van der Waals surface area contributed by atoms with Gasteiger partial charge in [0, 0.05) is 18.8 Å². The molecule has 4 N–H and O–H groups in total. The predicted octanol–water partition coefficient (Wildman–Crippen LogP) is 0.878. The number of nitrogens with one attached hydrogen (secondary N) is 4. The Bertz CT molecular complexity index is 514. The number of anilines is 1. The van der Waals surface area contributed by atoms with Crippen molar-refractivity contribution in [2.75, 3.05) is 25.0 Å². The van der Waals surface area contributed by atoms with Crippen LogP contribution in [-0.4, -0.2) is 29.6 Å². The Balaban J connectivity index is 2.04. The zero-order valence-corrected chi connectivity index (χ0v) is 9.26. The van der Waals surface area contributed by atoms with Crippen LogP contribution >= 0.6 is 0 Å². The number of H-pyrrole nitrogens is 2. The lowest BCUT2D eigenvalue weighted by Gasteiger charge is -2.06. The number of fused-ring (bicyclic) bond motifs is 1. The molecule has 0 unspecified atom stereocenters. The Kier molecular flexibility index (Phi) is 3.26. The standard InChI is InChI=1S/C11H16N4O/c1-2-12-5-6-13-8-3-4-9-10(7-8)15-11(16)14-9/h3-4,7,12-13H,2,5-6H2,1H3,(H2,14,15,16). The van der Waals surface area contributed by atoms with Crippen molar-refractivity contribution in [1.82, 2.24) is 15.3 Å². The molecule has 86 valence electrons. The summed E-state index contributed by atoms with van der Waals surface area (Å²) in [5.74, 6) is 0. The number of aromatic amines is 2. The zero-order valence-electron chi connectivity index (χ0n) is 9.26. The van der Waals surface area contributed by atoms with Crippen molar-refractivity contribution in [2.24, 2.45) is 0 Å². The van der Waals surface area contributed by atoms with Crippen LogP contribution in [0.3, 0.4) is 0 Å². The van der Waals surface area contributed by atoms with E-state index in [0.29, 0.717) is 0 Å². The lowest BCUT2D eigenvalue weighted by Crippen LogP contribution is -2.21. The van der Waals surface area contributed by atoms with Crippen LogP contribution in [0.2, 0.25) is 0 Å². The lowest BCUT2D eigenvalue weighted by molar-refractivity contribution is 0.739. The molecule has 0 aliphatic carbocycles. The number of likely N-dealkylation sites (N-methyl/N-ethyl adjacent to an activating group) is 1. The molecule has 0 fully saturated rings. The highest BCUT2D eigenvalue weighted by Gasteiger charge is 1.98. The van der Waals surface area contributed by atoms with Crippen LogP contribution < -0.4 is 16.3 Å². The Morgan fingerprint density at radius 1 is 1.19 bits per heavy atom. The van der Waals surface area contributed by atoms with E-state index in [1.54, 1.807) is 0 Å². The maximum absolute atomic E-state index is 11.1. The molecule has 0 saturated carbocycles. The van der Waals surface area contributed by atoms with Gasteiger partial charge in [0.2, 0.25) is 0 Å². The first kappa shape index (κ1) is 10.8. The van der Waals surface area contributed by atoms with Crippen molar-refractivity contribution >= 4 is 16.7 Å². The molecule has 0 aliphatic rings. The first-order valence-electron chi connectivity index (χ1n) is 5.46. The van der Waals surface area contributed by atoms with E-state index in [0.717, 1.165) is 36.4 Å². The van der Waals surface area contributed by atoms with Gasteiger partial charge in [0.1, 0.15) is 0 Å². The highest BCUT2D eigenvalue weighted by Crippen LogP contribution is 2.13. The largest absolute Gasteiger partial charge is 0.384 e. The zero-order chi connectivity index (χ0) is 11.4. The maximum Gasteiger partial charge on any atom is 0.323 e. The van der Waals surface area contributed by atoms with Crippen molar-refractivity contribution in [1.29, 1.82) is 0 Å². The van der Waals surface area contributed by atoms with Gasteiger partial charge in [-0.05, 0) is 24.7 Å². The summed E-state index contributed by atoms with van der Waals surface area (Å²) in [6.07, 6.45) is 0. The molecule has 16 heavy (non-hydrogen) atoms. The number of benzene rings is 1. The van der Waals surface area contributed by atoms with Crippen LogP contribution in [0.1, 0.15) is 6.92 Å². The molecule has 5 heteroatoms. The predicted molar refractivity (Wildman–Crippen MR) is 66.0 cm³/mol. The van der Waals surface area contributed by atoms with E-state index >= 15 is 0 Å². The van der Waals surface area contributed by atoms with E-state index in [2.05, 4.69) is 27.5 Å². The van der Waals surface area contributed by atoms with E-state index in [1.807, 2.05) is 18.2 Å². The summed E-state index contributed by atoms with van der Waals surface area (Å²) in [7, 11) is 0. The first-order valence-corrected chi connectivity index (χ1v) is 5.46. The van der Waals surface area contributed by atoms with Crippen molar-refractivity contribution in [2.45, 2.75) is 6.92 Å². The third-order valence-electron chi connectivity index (χ3n) is 2.40. The summed E-state index contributed by atoms with van der Waals surface area (Å²) < 4.78 is 0. The van der Waals surface area contributed by atoms with Crippen molar-refractivity contribution in [3.05, 3.63) is 28.7 Å². The Labute approximate surface area is 93.3 Å². The molecule has 2 rings (SSSR count). The molecule has 0 aliphatic heterocycles. The van der Waals surface area contributed by atoms with Gasteiger partial charge in [-0.1, -0.05) is 6.92 Å². The minimum Gasteiger partial charge on any atom is -0.384 e. The van der Waals surface area contributed by atoms with Gasteiger partial charge in [-0.2, -0.15) is 0 Å². The Morgan fingerprint density at radius 3 is 2.81 bits per heavy atom. The number of hydrogen-bond donors (Lipinski definition) is 4. The highest BCUT2D eigenvalue weighted by molar-refractivity contribution is 5.78. The van der Waals surface area contributed by atoms with E-state index in [-0.39, 0.29) is 5.69 Å². The smallest absolute Gasteiger partial charge is 0.323 e. The maximum atomic E-state index is 11.1. The molecule has 2 aromatic rings. The number of aromatic nitrogens is 2. The van der Waals surface area contributed by atoms with E-state index in [4.69, 9.17) is 0 Å². The minimum atomic E-state index is -0.167. The van der Waals surface area contributed by atoms with Crippen LogP contribution in [0.15, 0.2) is 23.0 Å². The summed E-state index contributed by atoms with van der Waals surface area (Å²) in [5, 5.41) is 6.52. The first-order chi connectivity index (χ1) is 7.79. The fourth-order valence-corrected chi connectivity index (χ4v) is 1.61. The minimum absolute atomic E-state index is 0.167. The monoisotopic (exact) mass is 220 g/mol. The van der Waals surface area contributed by atoms with Crippen molar-refractivity contribution in [3.63, 3.8) is 0 Å². The fourth-order valence-electron chi connectivity index (χ4n) is 1.61. The Morgan fingerprint density at radius 2 is 2.00 bits per heavy atom. The van der Waals surface area contributed by atoms with E-state index in [9.17, 15) is 4.79 Å². The average molecular weight is 220 g/mol. The van der Waals surface area contributed by atoms with Crippen LogP contribution in [0.5, 0.6) is 0 Å². The molecule has 0 bridgehead atoms. The molecule has 0 saturated heterocycles.